The molecular formula is C17H16ClNO2. The minimum atomic E-state index is -0.601. The smallest absolute Gasteiger partial charge is 0.125 e. The molecule has 1 atom stereocenters. The van der Waals surface area contributed by atoms with E-state index in [9.17, 15) is 5.11 Å². The summed E-state index contributed by atoms with van der Waals surface area (Å²) < 4.78 is 5.77. The monoisotopic (exact) mass is 301 g/mol. The minimum absolute atomic E-state index is 0.285. The van der Waals surface area contributed by atoms with Crippen LogP contribution in [0.1, 0.15) is 35.3 Å². The van der Waals surface area contributed by atoms with Gasteiger partial charge in [-0.05, 0) is 38.1 Å². The van der Waals surface area contributed by atoms with Crippen molar-refractivity contribution in [3.05, 3.63) is 63.7 Å². The van der Waals surface area contributed by atoms with Crippen molar-refractivity contribution in [2.24, 2.45) is 0 Å². The van der Waals surface area contributed by atoms with Gasteiger partial charge in [-0.3, -0.25) is 0 Å². The highest BCUT2D eigenvalue weighted by Crippen LogP contribution is 2.28. The summed E-state index contributed by atoms with van der Waals surface area (Å²) in [5.41, 5.74) is 3.13. The number of benzene rings is 2. The molecule has 2 aromatic carbocycles. The topological polar surface area (TPSA) is 53.2 Å². The van der Waals surface area contributed by atoms with Crippen LogP contribution in [0.2, 0.25) is 5.02 Å². The van der Waals surface area contributed by atoms with Gasteiger partial charge in [0.05, 0.1) is 17.7 Å². The summed E-state index contributed by atoms with van der Waals surface area (Å²) in [5, 5.41) is 19.1. The Labute approximate surface area is 129 Å². The number of halogens is 1. The Morgan fingerprint density at radius 3 is 2.67 bits per heavy atom. The maximum Gasteiger partial charge on any atom is 0.125 e. The molecule has 3 nitrogen and oxygen atoms in total. The second-order valence-electron chi connectivity index (χ2n) is 4.92. The summed E-state index contributed by atoms with van der Waals surface area (Å²) in [5.74, 6) is 0.635. The van der Waals surface area contributed by atoms with Gasteiger partial charge in [0, 0.05) is 16.1 Å². The van der Waals surface area contributed by atoms with Crippen molar-refractivity contribution >= 4 is 11.6 Å². The van der Waals surface area contributed by atoms with Gasteiger partial charge >= 0.3 is 0 Å². The van der Waals surface area contributed by atoms with Gasteiger partial charge in [0.15, 0.2) is 0 Å². The number of nitrogens with zero attached hydrogens (tertiary/aromatic N) is 1. The Balaban J connectivity index is 2.19. The Morgan fingerprint density at radius 2 is 2.05 bits per heavy atom. The molecule has 0 aromatic heterocycles. The zero-order valence-corrected chi connectivity index (χ0v) is 12.7. The average Bonchev–Trinajstić information content (AvgIpc) is 2.46. The molecule has 0 aliphatic rings. The van der Waals surface area contributed by atoms with Gasteiger partial charge in [0.2, 0.25) is 0 Å². The highest BCUT2D eigenvalue weighted by molar-refractivity contribution is 6.31. The first-order chi connectivity index (χ1) is 10.0. The Morgan fingerprint density at radius 1 is 1.29 bits per heavy atom. The second-order valence-corrected chi connectivity index (χ2v) is 5.33. The molecule has 0 bridgehead atoms. The van der Waals surface area contributed by atoms with Crippen LogP contribution in [0.15, 0.2) is 36.4 Å². The number of hydrogen-bond acceptors (Lipinski definition) is 3. The molecule has 0 aliphatic heterocycles. The SMILES string of the molecule is Cc1ccc(OCc2ccc(C#N)cc2Cl)c(C(C)O)c1. The van der Waals surface area contributed by atoms with Crippen molar-refractivity contribution < 1.29 is 9.84 Å². The van der Waals surface area contributed by atoms with E-state index in [1.165, 1.54) is 0 Å². The molecule has 1 unspecified atom stereocenters. The van der Waals surface area contributed by atoms with Gasteiger partial charge in [-0.15, -0.1) is 0 Å². The Kier molecular flexibility index (Phi) is 4.85. The zero-order chi connectivity index (χ0) is 15.4. The van der Waals surface area contributed by atoms with E-state index >= 15 is 0 Å². The van der Waals surface area contributed by atoms with Crippen LogP contribution in [0, 0.1) is 18.3 Å². The number of ether oxygens (including phenoxy) is 1. The molecule has 0 radical (unpaired) electrons. The van der Waals surface area contributed by atoms with E-state index in [-0.39, 0.29) is 6.61 Å². The highest BCUT2D eigenvalue weighted by Gasteiger charge is 2.10. The number of aryl methyl sites for hydroxylation is 1. The quantitative estimate of drug-likeness (QED) is 0.923. The molecule has 21 heavy (non-hydrogen) atoms. The molecule has 0 saturated heterocycles. The van der Waals surface area contributed by atoms with Crippen LogP contribution in [0.25, 0.3) is 0 Å². The molecule has 1 N–H and O–H groups in total. The number of hydrogen-bond donors (Lipinski definition) is 1. The molecule has 0 amide bonds. The van der Waals surface area contributed by atoms with E-state index in [2.05, 4.69) is 0 Å². The van der Waals surface area contributed by atoms with Gasteiger partial charge in [-0.1, -0.05) is 29.3 Å². The molecule has 0 aliphatic carbocycles. The Hall–Kier alpha value is -2.02. The number of aliphatic hydroxyl groups excluding tert-OH is 1. The third-order valence-corrected chi connectivity index (χ3v) is 3.53. The lowest BCUT2D eigenvalue weighted by atomic mass is 10.1. The van der Waals surface area contributed by atoms with E-state index < -0.39 is 6.10 Å². The van der Waals surface area contributed by atoms with Crippen LogP contribution in [0.5, 0.6) is 5.75 Å². The van der Waals surface area contributed by atoms with E-state index in [0.717, 1.165) is 16.7 Å². The summed E-state index contributed by atoms with van der Waals surface area (Å²) in [7, 11) is 0. The van der Waals surface area contributed by atoms with Crippen molar-refractivity contribution in [2.75, 3.05) is 0 Å². The predicted molar refractivity (Wildman–Crippen MR) is 82.3 cm³/mol. The molecule has 4 heteroatoms. The molecule has 108 valence electrons. The summed E-state index contributed by atoms with van der Waals surface area (Å²) in [4.78, 5) is 0. The van der Waals surface area contributed by atoms with E-state index in [4.69, 9.17) is 21.6 Å². The van der Waals surface area contributed by atoms with Gasteiger partial charge in [-0.25, -0.2) is 0 Å². The predicted octanol–water partition coefficient (Wildman–Crippen LogP) is 4.15. The summed E-state index contributed by atoms with van der Waals surface area (Å²) in [6.45, 7) is 3.96. The van der Waals surface area contributed by atoms with Crippen molar-refractivity contribution in [2.45, 2.75) is 26.6 Å². The van der Waals surface area contributed by atoms with Crippen molar-refractivity contribution in [1.29, 1.82) is 5.26 Å². The van der Waals surface area contributed by atoms with E-state index in [1.54, 1.807) is 25.1 Å². The maximum absolute atomic E-state index is 9.81. The number of rotatable bonds is 4. The minimum Gasteiger partial charge on any atom is -0.488 e. The fourth-order valence-electron chi connectivity index (χ4n) is 2.02. The van der Waals surface area contributed by atoms with Crippen molar-refractivity contribution in [1.82, 2.24) is 0 Å². The average molecular weight is 302 g/mol. The van der Waals surface area contributed by atoms with Crippen LogP contribution in [0.4, 0.5) is 0 Å². The molecule has 2 rings (SSSR count). The third kappa shape index (κ3) is 3.75. The van der Waals surface area contributed by atoms with Gasteiger partial charge in [-0.2, -0.15) is 5.26 Å². The molecular weight excluding hydrogens is 286 g/mol. The van der Waals surface area contributed by atoms with Crippen molar-refractivity contribution in [3.63, 3.8) is 0 Å². The van der Waals surface area contributed by atoms with E-state index in [1.807, 2.05) is 31.2 Å². The standard InChI is InChI=1S/C17H16ClNO2/c1-11-3-6-17(15(7-11)12(2)20)21-10-14-5-4-13(9-19)8-16(14)18/h3-8,12,20H,10H2,1-2H3. The molecule has 2 aromatic rings. The van der Waals surface area contributed by atoms with Gasteiger partial charge in [0.25, 0.3) is 0 Å². The fourth-order valence-corrected chi connectivity index (χ4v) is 2.25. The molecule has 0 heterocycles. The summed E-state index contributed by atoms with van der Waals surface area (Å²) >= 11 is 6.12. The first kappa shape index (κ1) is 15.4. The number of aliphatic hydroxyl groups is 1. The third-order valence-electron chi connectivity index (χ3n) is 3.18. The lowest BCUT2D eigenvalue weighted by molar-refractivity contribution is 0.190. The lowest BCUT2D eigenvalue weighted by Crippen LogP contribution is -2.02. The van der Waals surface area contributed by atoms with Crippen LogP contribution < -0.4 is 4.74 Å². The zero-order valence-electron chi connectivity index (χ0n) is 11.9. The molecule has 0 saturated carbocycles. The van der Waals surface area contributed by atoms with Gasteiger partial charge < -0.3 is 9.84 Å². The number of nitriles is 1. The lowest BCUT2D eigenvalue weighted by Gasteiger charge is -2.15. The second kappa shape index (κ2) is 6.62. The first-order valence-electron chi connectivity index (χ1n) is 6.61. The fraction of sp³-hybridized carbons (Fsp3) is 0.235. The van der Waals surface area contributed by atoms with E-state index in [0.29, 0.717) is 16.3 Å². The summed E-state index contributed by atoms with van der Waals surface area (Å²) in [6, 6.07) is 12.8. The largest absolute Gasteiger partial charge is 0.488 e. The van der Waals surface area contributed by atoms with Crippen LogP contribution in [0.3, 0.4) is 0 Å². The van der Waals surface area contributed by atoms with Crippen LogP contribution in [-0.4, -0.2) is 5.11 Å². The van der Waals surface area contributed by atoms with Crippen LogP contribution >= 0.6 is 11.6 Å². The highest BCUT2D eigenvalue weighted by atomic mass is 35.5. The van der Waals surface area contributed by atoms with Crippen LogP contribution in [-0.2, 0) is 6.61 Å². The normalized spacial score (nSPS) is 11.8. The van der Waals surface area contributed by atoms with Crippen molar-refractivity contribution in [3.8, 4) is 11.8 Å². The Bertz CT molecular complexity index is 690. The van der Waals surface area contributed by atoms with Gasteiger partial charge in [0.1, 0.15) is 12.4 Å². The summed E-state index contributed by atoms with van der Waals surface area (Å²) in [6.07, 6.45) is -0.601. The molecule has 0 fully saturated rings. The molecule has 0 spiro atoms. The maximum atomic E-state index is 9.81. The first-order valence-corrected chi connectivity index (χ1v) is 6.99.